The van der Waals surface area contributed by atoms with Crippen LogP contribution in [0, 0.1) is 5.92 Å². The third-order valence-electron chi connectivity index (χ3n) is 6.96. The van der Waals surface area contributed by atoms with Crippen LogP contribution < -0.4 is 0 Å². The molecule has 42 heavy (non-hydrogen) atoms. The molecule has 0 spiro atoms. The molecule has 1 rings (SSSR count). The molecular weight excluding hydrogens is 553 g/mol. The fourth-order valence-corrected chi connectivity index (χ4v) is 4.79. The van der Waals surface area contributed by atoms with E-state index < -0.39 is 7.82 Å². The summed E-state index contributed by atoms with van der Waals surface area (Å²) >= 11 is 0. The number of ether oxygens (including phenoxy) is 2. The number of phosphoric ester groups is 1. The summed E-state index contributed by atoms with van der Waals surface area (Å²) in [5.41, 5.74) is 1.06. The third kappa shape index (κ3) is 32.1. The molecule has 0 aliphatic rings. The van der Waals surface area contributed by atoms with E-state index in [0.717, 1.165) is 29.4 Å². The van der Waals surface area contributed by atoms with E-state index in [-0.39, 0.29) is 19.1 Å². The zero-order valence-corrected chi connectivity index (χ0v) is 28.3. The van der Waals surface area contributed by atoms with Crippen molar-refractivity contribution in [3.8, 4) is 0 Å². The molecular formula is C33H65NO7P+. The summed E-state index contributed by atoms with van der Waals surface area (Å²) in [6.45, 7) is 5.10. The maximum atomic E-state index is 11.1. The van der Waals surface area contributed by atoms with Crippen molar-refractivity contribution < 1.29 is 37.9 Å². The molecule has 0 saturated carbocycles. The van der Waals surface area contributed by atoms with E-state index in [1.165, 1.54) is 83.5 Å². The van der Waals surface area contributed by atoms with Gasteiger partial charge in [0.2, 0.25) is 0 Å². The zero-order chi connectivity index (χ0) is 31.4. The molecule has 0 saturated heterocycles. The van der Waals surface area contributed by atoms with Gasteiger partial charge in [-0.1, -0.05) is 127 Å². The maximum absolute atomic E-state index is 11.1. The SMILES string of the molecule is CCCCCCCCCCCCCCCCCOCC(COCc1ccccc1)COP(=O)(O)O.C[N+](C)(C)CCO. The smallest absolute Gasteiger partial charge is 0.391 e. The van der Waals surface area contributed by atoms with Gasteiger partial charge in [0.05, 0.1) is 54.2 Å². The Labute approximate surface area is 258 Å². The van der Waals surface area contributed by atoms with Gasteiger partial charge in [0.15, 0.2) is 0 Å². The van der Waals surface area contributed by atoms with Crippen molar-refractivity contribution in [2.24, 2.45) is 5.92 Å². The number of rotatable bonds is 27. The minimum atomic E-state index is -4.50. The molecule has 1 aromatic carbocycles. The van der Waals surface area contributed by atoms with Gasteiger partial charge in [0, 0.05) is 12.5 Å². The lowest BCUT2D eigenvalue weighted by Crippen LogP contribution is -2.36. The van der Waals surface area contributed by atoms with Crippen LogP contribution in [0.2, 0.25) is 0 Å². The van der Waals surface area contributed by atoms with E-state index in [4.69, 9.17) is 24.4 Å². The number of hydrogen-bond acceptors (Lipinski definition) is 5. The predicted molar refractivity (Wildman–Crippen MR) is 173 cm³/mol. The first-order valence-electron chi connectivity index (χ1n) is 16.4. The van der Waals surface area contributed by atoms with Gasteiger partial charge in [-0.3, -0.25) is 4.52 Å². The highest BCUT2D eigenvalue weighted by molar-refractivity contribution is 7.46. The van der Waals surface area contributed by atoms with Crippen molar-refractivity contribution in [2.75, 3.05) is 60.7 Å². The Kier molecular flexibility index (Phi) is 27.2. The summed E-state index contributed by atoms with van der Waals surface area (Å²) in [5.74, 6) is -0.220. The summed E-state index contributed by atoms with van der Waals surface area (Å²) < 4.78 is 28.1. The van der Waals surface area contributed by atoms with E-state index in [2.05, 4.69) is 32.6 Å². The Morgan fingerprint density at radius 2 is 1.19 bits per heavy atom. The fraction of sp³-hybridized carbons (Fsp3) is 0.818. The standard InChI is InChI=1S/C28H51O6P.C5H14NO/c1-2-3-4-5-6-7-8-9-10-11-12-13-14-15-19-22-32-24-28(26-34-35(29,30)31)25-33-23-27-20-17-16-18-21-27;1-6(2,3)4-5-7/h16-18,20-21,28H,2-15,19,22-26H2,1H3,(H2,29,30,31);7H,4-5H2,1-3H3/q;+1. The second kappa shape index (κ2) is 27.7. The zero-order valence-electron chi connectivity index (χ0n) is 27.4. The lowest BCUT2D eigenvalue weighted by molar-refractivity contribution is -0.870. The Morgan fingerprint density at radius 3 is 1.62 bits per heavy atom. The van der Waals surface area contributed by atoms with E-state index >= 15 is 0 Å². The van der Waals surface area contributed by atoms with Crippen LogP contribution in [-0.4, -0.2) is 80.1 Å². The average molecular weight is 619 g/mol. The fourth-order valence-electron chi connectivity index (χ4n) is 4.39. The molecule has 3 N–H and O–H groups in total. The number of quaternary nitrogens is 1. The first kappa shape index (κ1) is 41.2. The van der Waals surface area contributed by atoms with Crippen LogP contribution >= 0.6 is 7.82 Å². The van der Waals surface area contributed by atoms with Gasteiger partial charge in [-0.2, -0.15) is 0 Å². The van der Waals surface area contributed by atoms with Crippen molar-refractivity contribution in [3.05, 3.63) is 35.9 Å². The summed E-state index contributed by atoms with van der Waals surface area (Å²) in [5, 5.41) is 8.39. The molecule has 0 fully saturated rings. The van der Waals surface area contributed by atoms with E-state index in [1.807, 2.05) is 30.3 Å². The third-order valence-corrected chi connectivity index (χ3v) is 7.45. The van der Waals surface area contributed by atoms with Crippen molar-refractivity contribution in [3.63, 3.8) is 0 Å². The van der Waals surface area contributed by atoms with E-state index in [9.17, 15) is 4.57 Å². The minimum Gasteiger partial charge on any atom is -0.391 e. The highest BCUT2D eigenvalue weighted by atomic mass is 31.2. The van der Waals surface area contributed by atoms with Crippen molar-refractivity contribution in [1.29, 1.82) is 0 Å². The molecule has 0 aliphatic heterocycles. The molecule has 0 aromatic heterocycles. The van der Waals surface area contributed by atoms with Gasteiger partial charge in [0.1, 0.15) is 6.54 Å². The van der Waals surface area contributed by atoms with Crippen LogP contribution in [0.15, 0.2) is 30.3 Å². The molecule has 1 unspecified atom stereocenters. The highest BCUT2D eigenvalue weighted by Crippen LogP contribution is 2.36. The second-order valence-electron chi connectivity index (χ2n) is 12.4. The molecule has 0 amide bonds. The Bertz CT molecular complexity index is 740. The number of aliphatic hydroxyl groups is 1. The summed E-state index contributed by atoms with van der Waals surface area (Å²) in [6.07, 6.45) is 19.9. The molecule has 8 nitrogen and oxygen atoms in total. The number of unbranched alkanes of at least 4 members (excludes halogenated alkanes) is 14. The number of phosphoric acid groups is 1. The number of benzene rings is 1. The molecule has 248 valence electrons. The van der Waals surface area contributed by atoms with Crippen molar-refractivity contribution in [1.82, 2.24) is 0 Å². The largest absolute Gasteiger partial charge is 0.469 e. The number of likely N-dealkylation sites (N-methyl/N-ethyl adjacent to an activating group) is 1. The van der Waals surface area contributed by atoms with Crippen LogP contribution in [0.4, 0.5) is 0 Å². The van der Waals surface area contributed by atoms with Crippen LogP contribution in [-0.2, 0) is 25.2 Å². The minimum absolute atomic E-state index is 0.0854. The number of hydrogen-bond donors (Lipinski definition) is 3. The molecule has 1 atom stereocenters. The molecule has 0 radical (unpaired) electrons. The lowest BCUT2D eigenvalue weighted by atomic mass is 10.0. The van der Waals surface area contributed by atoms with Crippen LogP contribution in [0.5, 0.6) is 0 Å². The Morgan fingerprint density at radius 1 is 0.714 bits per heavy atom. The Balaban J connectivity index is 0.00000212. The molecule has 0 aliphatic carbocycles. The molecule has 0 heterocycles. The maximum Gasteiger partial charge on any atom is 0.469 e. The Hall–Kier alpha value is -0.830. The van der Waals surface area contributed by atoms with Gasteiger partial charge in [-0.05, 0) is 12.0 Å². The van der Waals surface area contributed by atoms with Gasteiger partial charge in [-0.25, -0.2) is 4.57 Å². The summed E-state index contributed by atoms with van der Waals surface area (Å²) in [6, 6.07) is 9.81. The van der Waals surface area contributed by atoms with Crippen LogP contribution in [0.3, 0.4) is 0 Å². The summed E-state index contributed by atoms with van der Waals surface area (Å²) in [7, 11) is 1.66. The van der Waals surface area contributed by atoms with Gasteiger partial charge < -0.3 is 28.9 Å². The highest BCUT2D eigenvalue weighted by Gasteiger charge is 2.19. The predicted octanol–water partition coefficient (Wildman–Crippen LogP) is 7.50. The first-order valence-corrected chi connectivity index (χ1v) is 17.9. The quantitative estimate of drug-likeness (QED) is 0.0533. The molecule has 1 aromatic rings. The normalized spacial score (nSPS) is 12.6. The molecule has 9 heteroatoms. The van der Waals surface area contributed by atoms with Crippen molar-refractivity contribution in [2.45, 2.75) is 110 Å². The molecule has 0 bridgehead atoms. The topological polar surface area (TPSA) is 105 Å². The van der Waals surface area contributed by atoms with Crippen LogP contribution in [0.25, 0.3) is 0 Å². The van der Waals surface area contributed by atoms with Crippen molar-refractivity contribution >= 4 is 7.82 Å². The number of aliphatic hydroxyl groups excluding tert-OH is 1. The second-order valence-corrected chi connectivity index (χ2v) is 13.7. The van der Waals surface area contributed by atoms with Gasteiger partial charge >= 0.3 is 7.82 Å². The summed E-state index contributed by atoms with van der Waals surface area (Å²) in [4.78, 5) is 18.0. The average Bonchev–Trinajstić information content (AvgIpc) is 2.93. The van der Waals surface area contributed by atoms with Gasteiger partial charge in [-0.15, -0.1) is 0 Å². The van der Waals surface area contributed by atoms with E-state index in [0.29, 0.717) is 26.4 Å². The van der Waals surface area contributed by atoms with Crippen LogP contribution in [0.1, 0.15) is 109 Å². The monoisotopic (exact) mass is 618 g/mol. The lowest BCUT2D eigenvalue weighted by Gasteiger charge is -2.21. The first-order chi connectivity index (χ1) is 20.1. The van der Waals surface area contributed by atoms with E-state index in [1.54, 1.807) is 0 Å². The number of nitrogens with zero attached hydrogens (tertiary/aromatic N) is 1. The van der Waals surface area contributed by atoms with Gasteiger partial charge in [0.25, 0.3) is 0 Å².